The van der Waals surface area contributed by atoms with E-state index in [0.29, 0.717) is 28.7 Å². The smallest absolute Gasteiger partial charge is 0.0948 e. The summed E-state index contributed by atoms with van der Waals surface area (Å²) < 4.78 is 332. The third-order valence-electron chi connectivity index (χ3n) is 18.6. The van der Waals surface area contributed by atoms with Crippen LogP contribution in [0.2, 0.25) is 0 Å². The van der Waals surface area contributed by atoms with Gasteiger partial charge in [0, 0.05) is 44.6 Å². The van der Waals surface area contributed by atoms with Crippen LogP contribution in [-0.4, -0.2) is 4.57 Å². The van der Waals surface area contributed by atoms with Gasteiger partial charge in [0.25, 0.3) is 0 Å². The molecule has 0 atom stereocenters. The van der Waals surface area contributed by atoms with Crippen LogP contribution in [0.15, 0.2) is 321 Å². The Morgan fingerprint density at radius 1 is 0.316 bits per heavy atom. The summed E-state index contributed by atoms with van der Waals surface area (Å²) in [7, 11) is 0. The maximum absolute atomic E-state index is 10.6. The van der Waals surface area contributed by atoms with Crippen molar-refractivity contribution in [3.8, 4) is 61.3 Å². The first-order valence-corrected chi connectivity index (χ1v) is 31.8. The van der Waals surface area contributed by atoms with Gasteiger partial charge in [0.15, 0.2) is 0 Å². The zero-order valence-corrected chi connectivity index (χ0v) is 53.5. The van der Waals surface area contributed by atoms with Crippen molar-refractivity contribution >= 4 is 73.0 Å². The molecule has 98 heavy (non-hydrogen) atoms. The zero-order valence-electron chi connectivity index (χ0n) is 87.5. The predicted octanol–water partition coefficient (Wildman–Crippen LogP) is 25.8. The van der Waals surface area contributed by atoms with Gasteiger partial charge < -0.3 is 19.3 Å². The molecule has 0 amide bonds. The lowest BCUT2D eigenvalue weighted by Gasteiger charge is -2.49. The van der Waals surface area contributed by atoms with Crippen molar-refractivity contribution in [3.05, 3.63) is 360 Å². The fraction of sp³-hybridized carbons (Fsp3) is 0.106. The van der Waals surface area contributed by atoms with Crippen molar-refractivity contribution in [1.82, 2.24) is 4.57 Å². The van der Waals surface area contributed by atoms with E-state index in [1.807, 2.05) is 90.1 Å². The van der Waals surface area contributed by atoms with Gasteiger partial charge in [-0.2, -0.15) is 0 Å². The second-order valence-corrected chi connectivity index (χ2v) is 26.3. The number of aromatic nitrogens is 1. The highest BCUT2D eigenvalue weighted by molar-refractivity contribution is 6.17. The van der Waals surface area contributed by atoms with Crippen molar-refractivity contribution in [1.29, 1.82) is 0 Å². The maximum Gasteiger partial charge on any atom is 0.0948 e. The lowest BCUT2D eigenvalue weighted by Crippen LogP contribution is -2.31. The maximum atomic E-state index is 10.6. The van der Waals surface area contributed by atoms with E-state index in [1.54, 1.807) is 47.4 Å². The summed E-state index contributed by atoms with van der Waals surface area (Å²) in [5, 5.41) is -0.777. The summed E-state index contributed by atoms with van der Waals surface area (Å²) in [6.07, 6.45) is 0.315. The van der Waals surface area contributed by atoms with Crippen molar-refractivity contribution < 1.29 is 46.6 Å². The van der Waals surface area contributed by atoms with Crippen molar-refractivity contribution in [3.63, 3.8) is 0 Å². The summed E-state index contributed by atoms with van der Waals surface area (Å²) in [5.41, 5.74) is -5.95. The Labute approximate surface area is 623 Å². The molecule has 2 aliphatic heterocycles. The molecule has 3 heterocycles. The SMILES string of the molecule is [2H]c1c([2H])c([2H])c(-c2c([2H])c([2H])c([2H])c(-c3c([2H])c([2H])c([2H])c([2H])c3[2H])c2N2c3cc(-c4cc(C(C)(C)C)cc(C(C)(C)C)c4)ccc3N3c4ccc(-n5c6c([2H])c([2H])c([2H])c([2H])c6c6c([2H])c([2H])c([2H])c([2H])c65)cc4N(c4c(-c5c([2H])c([2H])c([2H])c([2H])c5[2H])c([2H])c([2H])c([2H])c4-c4c([2H])c([2H])c([2H])c([2H])c4[2H])c4cc(C5c6ccccc6Cc6ccccc65)cc2c43)c([2H])c1[2H]. The third kappa shape index (κ3) is 9.64. The van der Waals surface area contributed by atoms with E-state index in [-0.39, 0.29) is 61.8 Å². The second kappa shape index (κ2) is 23.0. The Bertz CT molecular complexity index is 7330. The van der Waals surface area contributed by atoms with Gasteiger partial charge in [-0.1, -0.05) is 308 Å². The summed E-state index contributed by atoms with van der Waals surface area (Å²) in [4.78, 5) is 4.35. The van der Waals surface area contributed by atoms with Crippen LogP contribution in [0.4, 0.5) is 51.2 Å². The molecule has 0 radical (unpaired) electrons. The van der Waals surface area contributed by atoms with Crippen LogP contribution in [0.25, 0.3) is 83.1 Å². The number of fused-ring (bicyclic) bond motifs is 9. The van der Waals surface area contributed by atoms with E-state index in [9.17, 15) is 38.4 Å². The molecule has 15 aromatic rings. The molecule has 0 unspecified atom stereocenters. The number of nitrogens with zero attached hydrogens (tertiary/aromatic N) is 4. The fourth-order valence-electron chi connectivity index (χ4n) is 14.1. The number of hydrogen-bond donors (Lipinski definition) is 0. The van der Waals surface area contributed by atoms with Gasteiger partial charge in [0.2, 0.25) is 0 Å². The van der Waals surface area contributed by atoms with Crippen LogP contribution in [0, 0.1) is 0 Å². The van der Waals surface area contributed by atoms with Crippen LogP contribution >= 0.6 is 0 Å². The van der Waals surface area contributed by atoms with Gasteiger partial charge in [-0.05, 0) is 144 Å². The molecule has 0 saturated carbocycles. The highest BCUT2D eigenvalue weighted by atomic mass is 15.3. The first-order valence-electron chi connectivity index (χ1n) is 48.8. The van der Waals surface area contributed by atoms with Crippen LogP contribution in [-0.2, 0) is 17.3 Å². The Kier molecular flexibility index (Phi) is 7.82. The molecule has 1 aromatic heterocycles. The van der Waals surface area contributed by atoms with E-state index in [1.165, 1.54) is 32.6 Å². The zero-order chi connectivity index (χ0) is 95.6. The van der Waals surface area contributed by atoms with E-state index >= 15 is 0 Å². The predicted molar refractivity (Wildman–Crippen MR) is 413 cm³/mol. The molecule has 0 N–H and O–H groups in total. The van der Waals surface area contributed by atoms with Crippen LogP contribution in [0.1, 0.15) is 133 Å². The Balaban J connectivity index is 1.17. The van der Waals surface area contributed by atoms with E-state index in [0.717, 1.165) is 22.3 Å². The van der Waals surface area contributed by atoms with E-state index < -0.39 is 289 Å². The number of rotatable bonds is 9. The molecule has 0 fully saturated rings. The molecule has 1 aliphatic carbocycles. The average Bonchev–Trinajstić information content (AvgIpc) is 0.762. The first-order chi connectivity index (χ1) is 62.0. The molecule has 0 spiro atoms. The third-order valence-corrected chi connectivity index (χ3v) is 18.6. The molecule has 4 heteroatoms. The standard InChI is InChI=1S/C94H74N4/c1-93(2,3)70-54-68(55-71(59-70)94(4,5)6)65-49-51-83-85(56-65)97(90-75(61-29-11-7-12-30-61)43-27-44-76(90)62-31-13-8-14-32-62)87-57-69(89-73-39-21-19-37-66(73)53-67-38-20-22-40-74(67)89)58-88-92(87)96(83)84-52-50-72(95-81-47-25-23-41-79(81)80-42-24-26-48-82(80)95)60-86(84)98(88)91-77(63-33-15-9-16-34-63)45-28-46-78(91)64-35-17-10-18-36-64/h7-52,54-60,89H,53H2,1-6H3/i7D,8D,9D,10D,11D,12D,13D,14D,15D,16D,17D,18D,23D,24D,25D,26D,27D,28D,29D,30D,31D,32D,33D,34D,35D,36D,41D,42D,43D,44D,45D,46D,47D,48D. The Hall–Kier alpha value is -11.7. The molecule has 0 bridgehead atoms. The summed E-state index contributed by atoms with van der Waals surface area (Å²) in [6, 6.07) is 0.720. The number of benzene rings is 14. The summed E-state index contributed by atoms with van der Waals surface area (Å²) in [6.45, 7) is 12.1. The largest absolute Gasteiger partial charge is 0.309 e. The minimum absolute atomic E-state index is 0.0158. The minimum atomic E-state index is -1.11. The number of anilines is 9. The minimum Gasteiger partial charge on any atom is -0.309 e. The highest BCUT2D eigenvalue weighted by Crippen LogP contribution is 2.67. The second-order valence-electron chi connectivity index (χ2n) is 26.3. The quantitative estimate of drug-likeness (QED) is 0.143. The van der Waals surface area contributed by atoms with Crippen LogP contribution in [0.5, 0.6) is 0 Å². The normalized spacial score (nSPS) is 18.1. The molecular weight excluding hydrogens is 1190 g/mol. The average molecular weight is 1290 g/mol. The van der Waals surface area contributed by atoms with E-state index in [4.69, 9.17) is 8.22 Å². The fourth-order valence-corrected chi connectivity index (χ4v) is 14.1. The van der Waals surface area contributed by atoms with Gasteiger partial charge in [0.05, 0.1) is 109 Å². The first kappa shape index (κ1) is 33.3. The summed E-state index contributed by atoms with van der Waals surface area (Å²) >= 11 is 0. The Morgan fingerprint density at radius 2 is 0.714 bits per heavy atom. The topological polar surface area (TPSA) is 14.7 Å². The Morgan fingerprint density at radius 3 is 1.16 bits per heavy atom. The number of hydrogen-bond acceptors (Lipinski definition) is 3. The summed E-state index contributed by atoms with van der Waals surface area (Å²) in [5.74, 6) is -1.07. The van der Waals surface area contributed by atoms with Gasteiger partial charge in [0.1, 0.15) is 0 Å². The molecule has 14 aromatic carbocycles. The van der Waals surface area contributed by atoms with Gasteiger partial charge in [-0.15, -0.1) is 0 Å². The lowest BCUT2D eigenvalue weighted by molar-refractivity contribution is 0.569. The van der Waals surface area contributed by atoms with Crippen LogP contribution in [0.3, 0.4) is 0 Å². The molecular formula is C94H74N4. The van der Waals surface area contributed by atoms with Gasteiger partial charge in [-0.3, -0.25) is 0 Å². The van der Waals surface area contributed by atoms with Crippen molar-refractivity contribution in [2.24, 2.45) is 0 Å². The lowest BCUT2D eigenvalue weighted by atomic mass is 9.74. The highest BCUT2D eigenvalue weighted by Gasteiger charge is 2.44. The molecule has 0 saturated heterocycles. The molecule has 3 aliphatic rings. The monoisotopic (exact) mass is 1290 g/mol. The molecule has 18 rings (SSSR count). The van der Waals surface area contributed by atoms with Gasteiger partial charge in [-0.25, -0.2) is 0 Å². The van der Waals surface area contributed by atoms with Crippen molar-refractivity contribution in [2.75, 3.05) is 14.7 Å². The van der Waals surface area contributed by atoms with E-state index in [2.05, 4.69) is 6.07 Å². The number of para-hydroxylation sites is 4. The molecule has 470 valence electrons. The molecule has 4 nitrogen and oxygen atoms in total. The van der Waals surface area contributed by atoms with Crippen LogP contribution < -0.4 is 14.7 Å². The van der Waals surface area contributed by atoms with Crippen molar-refractivity contribution in [2.45, 2.75) is 64.7 Å². The van der Waals surface area contributed by atoms with Gasteiger partial charge >= 0.3 is 0 Å².